The summed E-state index contributed by atoms with van der Waals surface area (Å²) in [6, 6.07) is 23.8. The van der Waals surface area contributed by atoms with E-state index in [-0.39, 0.29) is 0 Å². The molecule has 0 saturated heterocycles. The number of pyridine rings is 7. The summed E-state index contributed by atoms with van der Waals surface area (Å²) in [5, 5.41) is 12.9. The lowest BCUT2D eigenvalue weighted by Gasteiger charge is -1.91. The van der Waals surface area contributed by atoms with Crippen LogP contribution in [0.4, 0.5) is 0 Å². The van der Waals surface area contributed by atoms with Crippen LogP contribution in [0.2, 0.25) is 0 Å². The van der Waals surface area contributed by atoms with Crippen LogP contribution in [-0.4, -0.2) is 102 Å². The lowest BCUT2D eigenvalue weighted by molar-refractivity contribution is 0.797. The maximum Gasteiger partial charge on any atom is 0.177 e. The molecule has 21 heteroatoms. The normalized spacial score (nSPS) is 10.5. The van der Waals surface area contributed by atoms with E-state index in [0.29, 0.717) is 0 Å². The molecule has 80 heavy (non-hydrogen) atoms. The number of hydrogen-bond acceptors (Lipinski definition) is 13. The Balaban J connectivity index is 0.000000111. The van der Waals surface area contributed by atoms with E-state index in [2.05, 4.69) is 98.7 Å². The second kappa shape index (κ2) is 25.8. The largest absolute Gasteiger partial charge is 0.356 e. The Morgan fingerprint density at radius 3 is 1.46 bits per heavy atom. The van der Waals surface area contributed by atoms with Crippen LogP contribution in [0.5, 0.6) is 0 Å². The van der Waals surface area contributed by atoms with Crippen molar-refractivity contribution in [1.29, 1.82) is 0 Å². The predicted molar refractivity (Wildman–Crippen MR) is 315 cm³/mol. The van der Waals surface area contributed by atoms with Gasteiger partial charge in [0.15, 0.2) is 5.65 Å². The molecule has 400 valence electrons. The Morgan fingerprint density at radius 1 is 0.287 bits per heavy atom. The first-order valence-corrected chi connectivity index (χ1v) is 25.2. The summed E-state index contributed by atoms with van der Waals surface area (Å²) >= 11 is 0. The smallest absolute Gasteiger partial charge is 0.177 e. The Morgan fingerprint density at radius 2 is 0.787 bits per heavy atom. The molecule has 0 radical (unpaired) electrons. The zero-order valence-corrected chi connectivity index (χ0v) is 45.6. The standard InChI is InChI=1S/3C8H8N2.5C7H7N3/c1-10-5-3-7-6-9-4-2-8(7)10;1-10-5-7-2-3-9-4-8(7)6-10;1-10-6-4-7-8(10)3-2-5-9-7;1-10-4-6-7(5-10)9-3-2-8-6;1-10-5-9-6-4-8-3-2-7(6)10;1-10-7-2-3-8-4-6(7)5-9-10;1-10-7-3-2-4-8-6(7)5-9-10;1-10-5-9-7-6(10)3-2-4-8-7/h3*2-6H,1H3;5*2-5H,1H3. The van der Waals surface area contributed by atoms with Crippen molar-refractivity contribution in [2.45, 2.75) is 0 Å². The fourth-order valence-corrected chi connectivity index (χ4v) is 8.26. The van der Waals surface area contributed by atoms with Gasteiger partial charge >= 0.3 is 0 Å². The first kappa shape index (κ1) is 54.0. The van der Waals surface area contributed by atoms with Crippen LogP contribution in [0.3, 0.4) is 0 Å². The summed E-state index contributed by atoms with van der Waals surface area (Å²) in [5.74, 6) is 0. The molecule has 0 aliphatic heterocycles. The number of imidazole rings is 2. The van der Waals surface area contributed by atoms with Gasteiger partial charge < -0.3 is 27.4 Å². The number of rotatable bonds is 0. The molecule has 0 amide bonds. The van der Waals surface area contributed by atoms with E-state index in [4.69, 9.17) is 0 Å². The van der Waals surface area contributed by atoms with Crippen molar-refractivity contribution in [2.24, 2.45) is 56.4 Å². The monoisotopic (exact) mass is 1060 g/mol. The fraction of sp³-hybridized carbons (Fsp3) is 0.136. The Bertz CT molecular complexity index is 3800. The van der Waals surface area contributed by atoms with Gasteiger partial charge in [-0.1, -0.05) is 0 Å². The van der Waals surface area contributed by atoms with E-state index >= 15 is 0 Å². The number of nitrogens with zero attached hydrogens (tertiary/aromatic N) is 21. The Labute approximate surface area is 459 Å². The van der Waals surface area contributed by atoms with Gasteiger partial charge in [0.05, 0.1) is 69.9 Å². The van der Waals surface area contributed by atoms with Crippen LogP contribution in [-0.2, 0) is 56.4 Å². The molecule has 16 rings (SSSR count). The minimum Gasteiger partial charge on any atom is -0.356 e. The van der Waals surface area contributed by atoms with Gasteiger partial charge in [0.25, 0.3) is 0 Å². The van der Waals surface area contributed by atoms with Gasteiger partial charge in [0.2, 0.25) is 0 Å². The van der Waals surface area contributed by atoms with Crippen molar-refractivity contribution in [1.82, 2.24) is 102 Å². The van der Waals surface area contributed by atoms with Gasteiger partial charge in [0, 0.05) is 189 Å². The van der Waals surface area contributed by atoms with Crippen molar-refractivity contribution >= 4 is 87.9 Å². The summed E-state index contributed by atoms with van der Waals surface area (Å²) in [7, 11) is 15.8. The summed E-state index contributed by atoms with van der Waals surface area (Å²) in [5.41, 5.74) is 12.5. The molecular formula is C59H59N21. The third kappa shape index (κ3) is 13.6. The summed E-state index contributed by atoms with van der Waals surface area (Å²) < 4.78 is 15.7. The molecule has 0 spiro atoms. The molecule has 16 heterocycles. The highest BCUT2D eigenvalue weighted by molar-refractivity contribution is 5.81. The quantitative estimate of drug-likeness (QED) is 0.139. The fourth-order valence-electron chi connectivity index (χ4n) is 8.26. The maximum absolute atomic E-state index is 4.18. The van der Waals surface area contributed by atoms with E-state index in [1.54, 1.807) is 62.2 Å². The average Bonchev–Trinajstić information content (AvgIpc) is 4.41. The van der Waals surface area contributed by atoms with Crippen molar-refractivity contribution in [3.8, 4) is 0 Å². The zero-order valence-electron chi connectivity index (χ0n) is 45.6. The number of hydrogen-bond donors (Lipinski definition) is 0. The molecule has 0 N–H and O–H groups in total. The highest BCUT2D eigenvalue weighted by Crippen LogP contribution is 2.14. The molecule has 0 aliphatic rings. The van der Waals surface area contributed by atoms with Crippen molar-refractivity contribution in [2.75, 3.05) is 0 Å². The number of aromatic nitrogens is 21. The third-order valence-corrected chi connectivity index (χ3v) is 12.4. The van der Waals surface area contributed by atoms with Gasteiger partial charge in [-0.05, 0) is 72.8 Å². The third-order valence-electron chi connectivity index (χ3n) is 12.4. The van der Waals surface area contributed by atoms with E-state index in [0.717, 1.165) is 60.7 Å². The highest BCUT2D eigenvalue weighted by Gasteiger charge is 2.00. The van der Waals surface area contributed by atoms with Gasteiger partial charge in [0.1, 0.15) is 22.1 Å². The topological polar surface area (TPSA) is 207 Å². The molecule has 0 saturated carbocycles. The van der Waals surface area contributed by atoms with Gasteiger partial charge in [-0.2, -0.15) is 10.2 Å². The summed E-state index contributed by atoms with van der Waals surface area (Å²) in [6.07, 6.45) is 42.4. The second-order valence-corrected chi connectivity index (χ2v) is 18.2. The summed E-state index contributed by atoms with van der Waals surface area (Å²) in [4.78, 5) is 44.7. The average molecular weight is 1060 g/mol. The molecule has 0 aliphatic carbocycles. The van der Waals surface area contributed by atoms with Crippen LogP contribution in [0, 0.1) is 0 Å². The first-order chi connectivity index (χ1) is 39.0. The SMILES string of the molecule is Cn1cc2ccncc2c1.Cn1cc2nccnc2c1.Cn1ccc2cnccc21.Cn1ccc2ncccc21.Cn1cnc2cnccc21.Cn1cnc2ncccc21.Cn1ncc2cnccc21.Cn1ncc2ncccc21. The lowest BCUT2D eigenvalue weighted by atomic mass is 10.3. The maximum atomic E-state index is 4.18. The van der Waals surface area contributed by atoms with Crippen LogP contribution < -0.4 is 0 Å². The minimum absolute atomic E-state index is 0.810. The van der Waals surface area contributed by atoms with Crippen LogP contribution in [0.15, 0.2) is 216 Å². The molecule has 0 fully saturated rings. The number of fused-ring (bicyclic) bond motifs is 8. The van der Waals surface area contributed by atoms with Crippen molar-refractivity contribution in [3.63, 3.8) is 0 Å². The summed E-state index contributed by atoms with van der Waals surface area (Å²) in [6.45, 7) is 0. The van der Waals surface area contributed by atoms with Crippen molar-refractivity contribution in [3.05, 3.63) is 216 Å². The van der Waals surface area contributed by atoms with Gasteiger partial charge in [-0.25, -0.2) is 15.0 Å². The molecule has 0 unspecified atom stereocenters. The molecule has 0 aromatic carbocycles. The molecule has 16 aromatic heterocycles. The molecule has 0 bridgehead atoms. The van der Waals surface area contributed by atoms with Crippen LogP contribution in [0.1, 0.15) is 0 Å². The van der Waals surface area contributed by atoms with Crippen molar-refractivity contribution < 1.29 is 0 Å². The number of aryl methyl sites for hydroxylation is 8. The zero-order chi connectivity index (χ0) is 55.8. The molecular weight excluding hydrogens is 1000 g/mol. The highest BCUT2D eigenvalue weighted by atomic mass is 15.3. The van der Waals surface area contributed by atoms with Gasteiger partial charge in [-0.3, -0.25) is 49.2 Å². The lowest BCUT2D eigenvalue weighted by Crippen LogP contribution is -1.87. The van der Waals surface area contributed by atoms with E-state index < -0.39 is 0 Å². The van der Waals surface area contributed by atoms with E-state index in [1.165, 1.54) is 27.2 Å². The van der Waals surface area contributed by atoms with Crippen LogP contribution >= 0.6 is 0 Å². The predicted octanol–water partition coefficient (Wildman–Crippen LogP) is 9.56. The van der Waals surface area contributed by atoms with E-state index in [1.807, 2.05) is 213 Å². The second-order valence-electron chi connectivity index (χ2n) is 18.2. The Hall–Kier alpha value is -10.8. The minimum atomic E-state index is 0.810. The molecule has 0 atom stereocenters. The first-order valence-electron chi connectivity index (χ1n) is 25.2. The Kier molecular flexibility index (Phi) is 17.4. The molecule has 16 aromatic rings. The molecule has 21 nitrogen and oxygen atoms in total. The van der Waals surface area contributed by atoms with E-state index in [9.17, 15) is 0 Å². The van der Waals surface area contributed by atoms with Crippen LogP contribution in [0.25, 0.3) is 87.9 Å². The van der Waals surface area contributed by atoms with Gasteiger partial charge in [-0.15, -0.1) is 0 Å².